The van der Waals surface area contributed by atoms with Gasteiger partial charge in [0.15, 0.2) is 0 Å². The van der Waals surface area contributed by atoms with Crippen molar-refractivity contribution < 1.29 is 14.7 Å². The highest BCUT2D eigenvalue weighted by atomic mass is 16.3. The summed E-state index contributed by atoms with van der Waals surface area (Å²) in [5.41, 5.74) is 1.76. The Morgan fingerprint density at radius 1 is 1.33 bits per heavy atom. The van der Waals surface area contributed by atoms with Crippen LogP contribution in [-0.4, -0.2) is 41.5 Å². The Labute approximate surface area is 157 Å². The minimum absolute atomic E-state index is 0.00624. The van der Waals surface area contributed by atoms with Crippen molar-refractivity contribution in [1.82, 2.24) is 10.3 Å². The van der Waals surface area contributed by atoms with Gasteiger partial charge in [-0.2, -0.15) is 0 Å². The second kappa shape index (κ2) is 7.36. The van der Waals surface area contributed by atoms with E-state index in [-0.39, 0.29) is 24.9 Å². The zero-order valence-electron chi connectivity index (χ0n) is 14.9. The predicted octanol–water partition coefficient (Wildman–Crippen LogP) is 1.71. The van der Waals surface area contributed by atoms with Gasteiger partial charge in [0.05, 0.1) is 23.9 Å². The first-order valence-corrected chi connectivity index (χ1v) is 9.17. The van der Waals surface area contributed by atoms with E-state index in [9.17, 15) is 14.7 Å². The molecule has 2 aliphatic rings. The second-order valence-corrected chi connectivity index (χ2v) is 7.03. The summed E-state index contributed by atoms with van der Waals surface area (Å²) in [6.45, 7) is 0.997. The highest BCUT2D eigenvalue weighted by Crippen LogP contribution is 2.35. The van der Waals surface area contributed by atoms with E-state index in [0.717, 1.165) is 18.4 Å². The zero-order chi connectivity index (χ0) is 18.8. The fourth-order valence-corrected chi connectivity index (χ4v) is 3.15. The Kier molecular flexibility index (Phi) is 4.77. The Morgan fingerprint density at radius 2 is 2.11 bits per heavy atom. The first-order chi connectivity index (χ1) is 13.1. The Bertz CT molecular complexity index is 852. The summed E-state index contributed by atoms with van der Waals surface area (Å²) >= 11 is 0. The van der Waals surface area contributed by atoms with Crippen LogP contribution in [0.15, 0.2) is 42.6 Å². The fourth-order valence-electron chi connectivity index (χ4n) is 3.15. The molecule has 0 saturated heterocycles. The highest BCUT2D eigenvalue weighted by molar-refractivity contribution is 6.04. The minimum atomic E-state index is -0.782. The molecule has 2 aromatic rings. The standard InChI is InChI=1S/C20H22N4O3/c25-17(14-4-2-1-3-5-14)10-23-20(27)15-8-16-19(21-9-15)22-11-18(26)24(16)12-13-6-7-13/h1-5,8-9,13,17,25H,6-7,10-12H2,(H,21,22)(H,23,27). The van der Waals surface area contributed by atoms with Crippen LogP contribution in [0.3, 0.4) is 0 Å². The molecule has 0 radical (unpaired) electrons. The smallest absolute Gasteiger partial charge is 0.253 e. The zero-order valence-corrected chi connectivity index (χ0v) is 14.9. The number of nitrogens with one attached hydrogen (secondary N) is 2. The molecular formula is C20H22N4O3. The number of fused-ring (bicyclic) bond motifs is 1. The number of carbonyl (C=O) groups excluding carboxylic acids is 2. The number of aliphatic hydroxyl groups excluding tert-OH is 1. The number of pyridine rings is 1. The average Bonchev–Trinajstić information content (AvgIpc) is 3.52. The number of aliphatic hydroxyl groups is 1. The molecule has 3 N–H and O–H groups in total. The third-order valence-electron chi connectivity index (χ3n) is 4.91. The number of anilines is 2. The van der Waals surface area contributed by atoms with E-state index in [1.165, 1.54) is 6.20 Å². The number of aromatic nitrogens is 1. The summed E-state index contributed by atoms with van der Waals surface area (Å²) in [4.78, 5) is 30.8. The lowest BCUT2D eigenvalue weighted by Gasteiger charge is -2.29. The summed E-state index contributed by atoms with van der Waals surface area (Å²) in [6, 6.07) is 10.9. The number of carbonyl (C=O) groups is 2. The minimum Gasteiger partial charge on any atom is -0.387 e. The van der Waals surface area contributed by atoms with Crippen molar-refractivity contribution in [2.75, 3.05) is 29.9 Å². The van der Waals surface area contributed by atoms with Crippen LogP contribution in [0.5, 0.6) is 0 Å². The molecule has 7 heteroatoms. The summed E-state index contributed by atoms with van der Waals surface area (Å²) in [5, 5.41) is 15.9. The molecule has 1 saturated carbocycles. The first-order valence-electron chi connectivity index (χ1n) is 9.17. The van der Waals surface area contributed by atoms with E-state index < -0.39 is 6.10 Å². The van der Waals surface area contributed by atoms with Gasteiger partial charge in [0.25, 0.3) is 5.91 Å². The Hall–Kier alpha value is -2.93. The molecule has 7 nitrogen and oxygen atoms in total. The molecular weight excluding hydrogens is 344 g/mol. The topological polar surface area (TPSA) is 94.6 Å². The van der Waals surface area contributed by atoms with Gasteiger partial charge >= 0.3 is 0 Å². The molecule has 0 spiro atoms. The van der Waals surface area contributed by atoms with Gasteiger partial charge in [0.2, 0.25) is 5.91 Å². The molecule has 4 rings (SSSR count). The lowest BCUT2D eigenvalue weighted by atomic mass is 10.1. The number of rotatable bonds is 6. The molecule has 0 bridgehead atoms. The maximum Gasteiger partial charge on any atom is 0.253 e. The summed E-state index contributed by atoms with van der Waals surface area (Å²) in [7, 11) is 0. The molecule has 1 aromatic carbocycles. The lowest BCUT2D eigenvalue weighted by molar-refractivity contribution is -0.117. The van der Waals surface area contributed by atoms with Crippen LogP contribution >= 0.6 is 0 Å². The number of nitrogens with zero attached hydrogens (tertiary/aromatic N) is 2. The monoisotopic (exact) mass is 366 g/mol. The van der Waals surface area contributed by atoms with Crippen molar-refractivity contribution in [3.63, 3.8) is 0 Å². The summed E-state index contributed by atoms with van der Waals surface area (Å²) in [5.74, 6) is 0.826. The van der Waals surface area contributed by atoms with E-state index in [1.807, 2.05) is 30.3 Å². The number of hydrogen-bond donors (Lipinski definition) is 3. The van der Waals surface area contributed by atoms with E-state index in [4.69, 9.17) is 0 Å². The van der Waals surface area contributed by atoms with Gasteiger partial charge in [-0.1, -0.05) is 30.3 Å². The van der Waals surface area contributed by atoms with Crippen LogP contribution in [0.1, 0.15) is 34.9 Å². The summed E-state index contributed by atoms with van der Waals surface area (Å²) in [6.07, 6.45) is 2.98. The van der Waals surface area contributed by atoms with Crippen LogP contribution in [0.2, 0.25) is 0 Å². The van der Waals surface area contributed by atoms with Gasteiger partial charge in [-0.05, 0) is 30.4 Å². The van der Waals surface area contributed by atoms with Crippen LogP contribution in [0.4, 0.5) is 11.5 Å². The van der Waals surface area contributed by atoms with Crippen LogP contribution < -0.4 is 15.5 Å². The molecule has 1 aromatic heterocycles. The molecule has 1 aliphatic heterocycles. The van der Waals surface area contributed by atoms with Crippen LogP contribution in [0, 0.1) is 5.92 Å². The second-order valence-electron chi connectivity index (χ2n) is 7.03. The van der Waals surface area contributed by atoms with E-state index >= 15 is 0 Å². The third kappa shape index (κ3) is 3.93. The van der Waals surface area contributed by atoms with Crippen molar-refractivity contribution in [1.29, 1.82) is 0 Å². The normalized spacial score (nSPS) is 17.1. The predicted molar refractivity (Wildman–Crippen MR) is 102 cm³/mol. The van der Waals surface area contributed by atoms with Gasteiger partial charge in [0.1, 0.15) is 5.82 Å². The van der Waals surface area contributed by atoms with Gasteiger partial charge < -0.3 is 20.6 Å². The van der Waals surface area contributed by atoms with Gasteiger partial charge in [-0.3, -0.25) is 9.59 Å². The van der Waals surface area contributed by atoms with Crippen LogP contribution in [-0.2, 0) is 4.79 Å². The molecule has 2 heterocycles. The van der Waals surface area contributed by atoms with Crippen molar-refractivity contribution in [2.24, 2.45) is 5.92 Å². The number of benzene rings is 1. The maximum absolute atomic E-state index is 12.5. The van der Waals surface area contributed by atoms with Crippen molar-refractivity contribution >= 4 is 23.3 Å². The quantitative estimate of drug-likeness (QED) is 0.724. The molecule has 1 unspecified atom stereocenters. The van der Waals surface area contributed by atoms with Crippen molar-refractivity contribution in [3.8, 4) is 0 Å². The Balaban J connectivity index is 1.46. The van der Waals surface area contributed by atoms with Gasteiger partial charge in [-0.15, -0.1) is 0 Å². The molecule has 1 aliphatic carbocycles. The van der Waals surface area contributed by atoms with Gasteiger partial charge in [-0.25, -0.2) is 4.98 Å². The third-order valence-corrected chi connectivity index (χ3v) is 4.91. The number of hydrogen-bond acceptors (Lipinski definition) is 5. The highest BCUT2D eigenvalue weighted by Gasteiger charge is 2.32. The average molecular weight is 366 g/mol. The first kappa shape index (κ1) is 17.5. The van der Waals surface area contributed by atoms with Crippen molar-refractivity contribution in [3.05, 3.63) is 53.7 Å². The summed E-state index contributed by atoms with van der Waals surface area (Å²) < 4.78 is 0. The largest absolute Gasteiger partial charge is 0.387 e. The molecule has 1 fully saturated rings. The maximum atomic E-state index is 12.5. The molecule has 2 amide bonds. The van der Waals surface area contributed by atoms with E-state index in [2.05, 4.69) is 15.6 Å². The van der Waals surface area contributed by atoms with E-state index in [1.54, 1.807) is 11.0 Å². The molecule has 140 valence electrons. The lowest BCUT2D eigenvalue weighted by Crippen LogP contribution is -2.41. The molecule has 27 heavy (non-hydrogen) atoms. The van der Waals surface area contributed by atoms with Crippen LogP contribution in [0.25, 0.3) is 0 Å². The number of amides is 2. The van der Waals surface area contributed by atoms with Crippen molar-refractivity contribution in [2.45, 2.75) is 18.9 Å². The molecule has 1 atom stereocenters. The van der Waals surface area contributed by atoms with E-state index in [0.29, 0.717) is 29.5 Å². The van der Waals surface area contributed by atoms with Gasteiger partial charge in [0, 0.05) is 19.3 Å². The Morgan fingerprint density at radius 3 is 2.85 bits per heavy atom. The fraction of sp³-hybridized carbons (Fsp3) is 0.350. The SMILES string of the molecule is O=C(NCC(O)c1ccccc1)c1cnc2c(c1)N(CC1CC1)C(=O)CN2.